The standard InChI is InChI=1S/C24H23FN4O4/c1-32-16-10-8-15(9-11-16)19-20-23(27-12-4-2-3-7-18(30)31)28-14-29-24(20)33-21(19)17-6-5-13-26-22(17)25/h5-6,8-11,13-14H,2-4,7,12H2,1H3,(H,30,31)(H,27,28,29). The van der Waals surface area contributed by atoms with Crippen LogP contribution in [-0.2, 0) is 4.79 Å². The summed E-state index contributed by atoms with van der Waals surface area (Å²) >= 11 is 0. The number of unbranched alkanes of at least 4 members (excludes halogenated alkanes) is 2. The van der Waals surface area contributed by atoms with E-state index in [2.05, 4.69) is 20.3 Å². The van der Waals surface area contributed by atoms with E-state index in [9.17, 15) is 9.18 Å². The van der Waals surface area contributed by atoms with E-state index < -0.39 is 11.9 Å². The van der Waals surface area contributed by atoms with Crippen LogP contribution in [0.1, 0.15) is 25.7 Å². The molecule has 9 heteroatoms. The Labute approximate surface area is 189 Å². The monoisotopic (exact) mass is 450 g/mol. The lowest BCUT2D eigenvalue weighted by Gasteiger charge is -2.09. The summed E-state index contributed by atoms with van der Waals surface area (Å²) in [5.74, 6) is 0.121. The van der Waals surface area contributed by atoms with E-state index in [0.29, 0.717) is 47.0 Å². The fourth-order valence-electron chi connectivity index (χ4n) is 3.63. The highest BCUT2D eigenvalue weighted by atomic mass is 19.1. The van der Waals surface area contributed by atoms with Crippen LogP contribution in [0.2, 0.25) is 0 Å². The van der Waals surface area contributed by atoms with Gasteiger partial charge in [0.15, 0.2) is 0 Å². The van der Waals surface area contributed by atoms with Crippen LogP contribution in [0.4, 0.5) is 10.2 Å². The largest absolute Gasteiger partial charge is 0.497 e. The highest BCUT2D eigenvalue weighted by molar-refractivity contribution is 6.05. The van der Waals surface area contributed by atoms with Crippen molar-refractivity contribution < 1.29 is 23.4 Å². The number of halogens is 1. The summed E-state index contributed by atoms with van der Waals surface area (Å²) in [4.78, 5) is 23.1. The van der Waals surface area contributed by atoms with Crippen molar-refractivity contribution in [2.75, 3.05) is 19.0 Å². The van der Waals surface area contributed by atoms with Crippen LogP contribution >= 0.6 is 0 Å². The van der Waals surface area contributed by atoms with Gasteiger partial charge in [-0.1, -0.05) is 18.6 Å². The van der Waals surface area contributed by atoms with E-state index in [4.69, 9.17) is 14.3 Å². The summed E-state index contributed by atoms with van der Waals surface area (Å²) in [7, 11) is 1.59. The number of ether oxygens (including phenoxy) is 1. The fourth-order valence-corrected chi connectivity index (χ4v) is 3.63. The van der Waals surface area contributed by atoms with Crippen molar-refractivity contribution in [1.82, 2.24) is 15.0 Å². The van der Waals surface area contributed by atoms with E-state index in [-0.39, 0.29) is 12.0 Å². The number of carboxylic acids is 1. The maximum Gasteiger partial charge on any atom is 0.303 e. The number of hydrogen-bond donors (Lipinski definition) is 2. The minimum absolute atomic E-state index is 0.154. The summed E-state index contributed by atoms with van der Waals surface area (Å²) in [5.41, 5.74) is 1.98. The van der Waals surface area contributed by atoms with E-state index in [0.717, 1.165) is 18.4 Å². The normalized spacial score (nSPS) is 11.0. The molecule has 3 heterocycles. The molecule has 0 bridgehead atoms. The molecule has 0 aliphatic rings. The number of pyridine rings is 1. The summed E-state index contributed by atoms with van der Waals surface area (Å²) in [6.07, 6.45) is 5.09. The Balaban J connectivity index is 1.74. The number of aromatic nitrogens is 3. The number of hydrogen-bond acceptors (Lipinski definition) is 7. The number of carbonyl (C=O) groups is 1. The molecule has 0 fully saturated rings. The maximum absolute atomic E-state index is 14.6. The van der Waals surface area contributed by atoms with Gasteiger partial charge in [-0.3, -0.25) is 4.79 Å². The lowest BCUT2D eigenvalue weighted by Crippen LogP contribution is -2.04. The number of nitrogens with zero attached hydrogens (tertiary/aromatic N) is 3. The number of aliphatic carboxylic acids is 1. The van der Waals surface area contributed by atoms with E-state index in [1.54, 1.807) is 19.2 Å². The van der Waals surface area contributed by atoms with Crippen molar-refractivity contribution >= 4 is 22.9 Å². The molecule has 0 unspecified atom stereocenters. The predicted octanol–water partition coefficient (Wildman–Crippen LogP) is 5.16. The van der Waals surface area contributed by atoms with Crippen LogP contribution in [0.25, 0.3) is 33.6 Å². The Kier molecular flexibility index (Phi) is 6.77. The first kappa shape index (κ1) is 22.2. The van der Waals surface area contributed by atoms with E-state index in [1.807, 2.05) is 24.3 Å². The average molecular weight is 450 g/mol. The number of nitrogens with one attached hydrogen (secondary N) is 1. The van der Waals surface area contributed by atoms with Crippen LogP contribution in [0.3, 0.4) is 0 Å². The molecule has 0 radical (unpaired) electrons. The molecule has 0 aliphatic heterocycles. The van der Waals surface area contributed by atoms with Crippen molar-refractivity contribution in [2.45, 2.75) is 25.7 Å². The molecule has 0 amide bonds. The molecule has 0 saturated carbocycles. The molecule has 0 saturated heterocycles. The third-order valence-corrected chi connectivity index (χ3v) is 5.23. The first-order chi connectivity index (χ1) is 16.1. The Hall–Kier alpha value is -4.01. The van der Waals surface area contributed by atoms with Crippen LogP contribution < -0.4 is 10.1 Å². The van der Waals surface area contributed by atoms with Gasteiger partial charge in [-0.15, -0.1) is 0 Å². The average Bonchev–Trinajstić information content (AvgIpc) is 3.21. The van der Waals surface area contributed by atoms with Crippen molar-refractivity contribution in [3.63, 3.8) is 0 Å². The zero-order valence-electron chi connectivity index (χ0n) is 18.0. The minimum Gasteiger partial charge on any atom is -0.497 e. The fraction of sp³-hybridized carbons (Fsp3) is 0.250. The van der Waals surface area contributed by atoms with Gasteiger partial charge in [0.05, 0.1) is 18.1 Å². The zero-order valence-corrected chi connectivity index (χ0v) is 18.0. The van der Waals surface area contributed by atoms with Crippen LogP contribution in [-0.4, -0.2) is 39.7 Å². The molecule has 1 aromatic carbocycles. The molecule has 8 nitrogen and oxygen atoms in total. The number of benzene rings is 1. The molecule has 4 rings (SSSR count). The third-order valence-electron chi connectivity index (χ3n) is 5.23. The lowest BCUT2D eigenvalue weighted by atomic mass is 9.99. The quantitative estimate of drug-likeness (QED) is 0.252. The highest BCUT2D eigenvalue weighted by Crippen LogP contribution is 2.43. The Morgan fingerprint density at radius 3 is 2.67 bits per heavy atom. The SMILES string of the molecule is COc1ccc(-c2c(-c3cccnc3F)oc3ncnc(NCCCCCC(=O)O)c23)cc1. The second kappa shape index (κ2) is 10.1. The number of rotatable bonds is 10. The molecule has 4 aromatic rings. The zero-order chi connectivity index (χ0) is 23.2. The van der Waals surface area contributed by atoms with Crippen LogP contribution in [0.15, 0.2) is 53.3 Å². The Bertz CT molecular complexity index is 1260. The smallest absolute Gasteiger partial charge is 0.303 e. The lowest BCUT2D eigenvalue weighted by molar-refractivity contribution is -0.137. The first-order valence-corrected chi connectivity index (χ1v) is 10.6. The molecule has 33 heavy (non-hydrogen) atoms. The molecular weight excluding hydrogens is 427 g/mol. The van der Waals surface area contributed by atoms with Gasteiger partial charge in [-0.2, -0.15) is 4.39 Å². The van der Waals surface area contributed by atoms with Crippen LogP contribution in [0.5, 0.6) is 5.75 Å². The van der Waals surface area contributed by atoms with Crippen molar-refractivity contribution in [1.29, 1.82) is 0 Å². The Morgan fingerprint density at radius 1 is 1.12 bits per heavy atom. The maximum atomic E-state index is 14.6. The molecule has 170 valence electrons. The number of carboxylic acid groups (broad SMARTS) is 1. The summed E-state index contributed by atoms with van der Waals surface area (Å²) in [5, 5.41) is 12.7. The minimum atomic E-state index is -0.793. The van der Waals surface area contributed by atoms with Gasteiger partial charge in [0.25, 0.3) is 0 Å². The van der Waals surface area contributed by atoms with Gasteiger partial charge < -0.3 is 19.6 Å². The van der Waals surface area contributed by atoms with Gasteiger partial charge in [0.2, 0.25) is 11.7 Å². The predicted molar refractivity (Wildman–Crippen MR) is 122 cm³/mol. The number of anilines is 1. The van der Waals surface area contributed by atoms with Gasteiger partial charge in [0.1, 0.15) is 23.7 Å². The van der Waals surface area contributed by atoms with Crippen LogP contribution in [0, 0.1) is 5.95 Å². The number of fused-ring (bicyclic) bond motifs is 1. The number of furan rings is 1. The molecule has 2 N–H and O–H groups in total. The topological polar surface area (TPSA) is 110 Å². The third kappa shape index (κ3) is 4.92. The van der Waals surface area contributed by atoms with E-state index in [1.165, 1.54) is 12.5 Å². The molecular formula is C24H23FN4O4. The summed E-state index contributed by atoms with van der Waals surface area (Å²) in [6, 6.07) is 10.6. The number of methoxy groups -OCH3 is 1. The van der Waals surface area contributed by atoms with Crippen molar-refractivity contribution in [2.24, 2.45) is 0 Å². The second-order valence-electron chi connectivity index (χ2n) is 7.41. The Morgan fingerprint density at radius 2 is 1.94 bits per heavy atom. The second-order valence-corrected chi connectivity index (χ2v) is 7.41. The van der Waals surface area contributed by atoms with Gasteiger partial charge >= 0.3 is 5.97 Å². The van der Waals surface area contributed by atoms with Crippen molar-refractivity contribution in [3.8, 4) is 28.2 Å². The summed E-state index contributed by atoms with van der Waals surface area (Å²) < 4.78 is 25.9. The van der Waals surface area contributed by atoms with Crippen molar-refractivity contribution in [3.05, 3.63) is 54.9 Å². The van der Waals surface area contributed by atoms with Gasteiger partial charge in [-0.05, 0) is 42.7 Å². The molecule has 0 aliphatic carbocycles. The van der Waals surface area contributed by atoms with Gasteiger partial charge in [-0.25, -0.2) is 15.0 Å². The highest BCUT2D eigenvalue weighted by Gasteiger charge is 2.24. The van der Waals surface area contributed by atoms with Gasteiger partial charge in [0, 0.05) is 24.7 Å². The molecule has 3 aromatic heterocycles. The molecule has 0 spiro atoms. The molecule has 0 atom stereocenters. The summed E-state index contributed by atoms with van der Waals surface area (Å²) in [6.45, 7) is 0.593. The van der Waals surface area contributed by atoms with E-state index >= 15 is 0 Å². The first-order valence-electron chi connectivity index (χ1n) is 10.6.